The van der Waals surface area contributed by atoms with E-state index in [0.29, 0.717) is 6.08 Å². The van der Waals surface area contributed by atoms with Gasteiger partial charge in [-0.2, -0.15) is 0 Å². The van der Waals surface area contributed by atoms with Crippen molar-refractivity contribution in [1.82, 2.24) is 0 Å². The minimum atomic E-state index is -1.90. The van der Waals surface area contributed by atoms with E-state index >= 15 is 0 Å². The van der Waals surface area contributed by atoms with Crippen LogP contribution in [0.4, 0.5) is 0 Å². The minimum Gasteiger partial charge on any atom is -0.478 e. The van der Waals surface area contributed by atoms with Gasteiger partial charge in [0, 0.05) is 6.08 Å². The molecule has 0 radical (unpaired) electrons. The molecule has 4 N–H and O–H groups in total. The molecule has 0 aliphatic heterocycles. The summed E-state index contributed by atoms with van der Waals surface area (Å²) >= 11 is 0. The van der Waals surface area contributed by atoms with Gasteiger partial charge in [0.1, 0.15) is 11.1 Å². The number of hydrogen-bond acceptors (Lipinski definition) is 6. The fourth-order valence-corrected chi connectivity index (χ4v) is 2.26. The standard InChI is InChI=1S/C15H12O10/c1-3-5-7(12(17)18)9(14(21)22)11(25-6(16)4-2)10(15(23)24)8(5)13(19)20/h4H,2-3H2,1H3,(H,17,18)(H,19,20)(H,21,22)(H,23,24). The van der Waals surface area contributed by atoms with E-state index in [9.17, 15) is 44.4 Å². The van der Waals surface area contributed by atoms with Gasteiger partial charge in [-0.3, -0.25) is 0 Å². The summed E-state index contributed by atoms with van der Waals surface area (Å²) in [4.78, 5) is 57.5. The SMILES string of the molecule is C=CC(=O)Oc1c(C(=O)O)c(C(=O)O)c(CC)c(C(=O)O)c1C(=O)O. The topological polar surface area (TPSA) is 176 Å². The van der Waals surface area contributed by atoms with E-state index in [0.717, 1.165) is 0 Å². The van der Waals surface area contributed by atoms with Crippen LogP contribution in [0.2, 0.25) is 0 Å². The normalized spacial score (nSPS) is 9.96. The molecule has 10 nitrogen and oxygen atoms in total. The van der Waals surface area contributed by atoms with Crippen molar-refractivity contribution in [2.45, 2.75) is 13.3 Å². The summed E-state index contributed by atoms with van der Waals surface area (Å²) in [6.45, 7) is 4.37. The monoisotopic (exact) mass is 352 g/mol. The lowest BCUT2D eigenvalue weighted by atomic mass is 9.88. The van der Waals surface area contributed by atoms with Gasteiger partial charge in [0.05, 0.1) is 11.1 Å². The highest BCUT2D eigenvalue weighted by atomic mass is 16.5. The molecule has 1 rings (SSSR count). The van der Waals surface area contributed by atoms with Crippen molar-refractivity contribution in [3.8, 4) is 5.75 Å². The highest BCUT2D eigenvalue weighted by Gasteiger charge is 2.36. The molecular weight excluding hydrogens is 340 g/mol. The molecule has 0 aliphatic rings. The number of carboxylic acid groups (broad SMARTS) is 4. The van der Waals surface area contributed by atoms with Gasteiger partial charge in [0.15, 0.2) is 5.75 Å². The van der Waals surface area contributed by atoms with Crippen LogP contribution >= 0.6 is 0 Å². The molecule has 0 spiro atoms. The van der Waals surface area contributed by atoms with Gasteiger partial charge in [-0.05, 0) is 12.0 Å². The highest BCUT2D eigenvalue weighted by Crippen LogP contribution is 2.35. The van der Waals surface area contributed by atoms with Crippen molar-refractivity contribution in [2.24, 2.45) is 0 Å². The smallest absolute Gasteiger partial charge is 0.340 e. The number of benzene rings is 1. The molecular formula is C15H12O10. The lowest BCUT2D eigenvalue weighted by Crippen LogP contribution is -2.23. The van der Waals surface area contributed by atoms with Crippen LogP contribution in [0.1, 0.15) is 53.9 Å². The third kappa shape index (κ3) is 3.47. The van der Waals surface area contributed by atoms with Crippen LogP contribution in [-0.2, 0) is 11.2 Å². The van der Waals surface area contributed by atoms with E-state index in [1.165, 1.54) is 6.92 Å². The first-order valence-corrected chi connectivity index (χ1v) is 6.58. The van der Waals surface area contributed by atoms with Gasteiger partial charge in [-0.15, -0.1) is 0 Å². The number of carboxylic acids is 4. The molecule has 0 aliphatic carbocycles. The quantitative estimate of drug-likeness (QED) is 0.316. The largest absolute Gasteiger partial charge is 0.478 e. The highest BCUT2D eigenvalue weighted by molar-refractivity contribution is 6.14. The van der Waals surface area contributed by atoms with Crippen molar-refractivity contribution < 1.29 is 49.1 Å². The Morgan fingerprint density at radius 3 is 1.44 bits per heavy atom. The Morgan fingerprint density at radius 1 is 0.840 bits per heavy atom. The van der Waals surface area contributed by atoms with E-state index < -0.39 is 63.4 Å². The van der Waals surface area contributed by atoms with E-state index in [-0.39, 0.29) is 6.42 Å². The molecule has 0 aromatic heterocycles. The van der Waals surface area contributed by atoms with E-state index in [1.807, 2.05) is 0 Å². The number of hydrogen-bond donors (Lipinski definition) is 4. The van der Waals surface area contributed by atoms with Crippen molar-refractivity contribution in [2.75, 3.05) is 0 Å². The third-order valence-corrected chi connectivity index (χ3v) is 3.14. The molecule has 0 heterocycles. The third-order valence-electron chi connectivity index (χ3n) is 3.14. The van der Waals surface area contributed by atoms with E-state index in [2.05, 4.69) is 11.3 Å². The maximum absolute atomic E-state index is 11.5. The zero-order chi connectivity index (χ0) is 19.5. The van der Waals surface area contributed by atoms with Gasteiger partial charge >= 0.3 is 29.8 Å². The molecule has 132 valence electrons. The first kappa shape index (κ1) is 19.4. The lowest BCUT2D eigenvalue weighted by Gasteiger charge is -2.18. The van der Waals surface area contributed by atoms with E-state index in [1.54, 1.807) is 0 Å². The number of carbonyl (C=O) groups excluding carboxylic acids is 1. The van der Waals surface area contributed by atoms with Gasteiger partial charge in [0.2, 0.25) is 0 Å². The Morgan fingerprint density at radius 2 is 1.20 bits per heavy atom. The van der Waals surface area contributed by atoms with Gasteiger partial charge in [-0.25, -0.2) is 24.0 Å². The second-order valence-corrected chi connectivity index (χ2v) is 4.51. The van der Waals surface area contributed by atoms with Gasteiger partial charge in [0.25, 0.3) is 0 Å². The van der Waals surface area contributed by atoms with Crippen LogP contribution in [0.3, 0.4) is 0 Å². The summed E-state index contributed by atoms with van der Waals surface area (Å²) in [7, 11) is 0. The molecule has 0 fully saturated rings. The molecule has 0 bridgehead atoms. The molecule has 1 aromatic rings. The van der Waals surface area contributed by atoms with Crippen molar-refractivity contribution in [3.05, 3.63) is 40.5 Å². The van der Waals surface area contributed by atoms with Crippen LogP contribution in [0.5, 0.6) is 5.75 Å². The van der Waals surface area contributed by atoms with Crippen LogP contribution in [0.25, 0.3) is 0 Å². The van der Waals surface area contributed by atoms with Gasteiger partial charge in [-0.1, -0.05) is 13.5 Å². The average Bonchev–Trinajstić information content (AvgIpc) is 2.51. The average molecular weight is 352 g/mol. The fourth-order valence-electron chi connectivity index (χ4n) is 2.26. The summed E-state index contributed by atoms with van der Waals surface area (Å²) in [5.41, 5.74) is -4.73. The molecule has 0 atom stereocenters. The second-order valence-electron chi connectivity index (χ2n) is 4.51. The fraction of sp³-hybridized carbons (Fsp3) is 0.133. The number of esters is 1. The molecule has 1 aromatic carbocycles. The first-order valence-electron chi connectivity index (χ1n) is 6.58. The molecule has 25 heavy (non-hydrogen) atoms. The molecule has 10 heteroatoms. The zero-order valence-electron chi connectivity index (χ0n) is 12.7. The summed E-state index contributed by atoms with van der Waals surface area (Å²) < 4.78 is 4.58. The first-order chi connectivity index (χ1) is 11.6. The summed E-state index contributed by atoms with van der Waals surface area (Å²) in [6, 6.07) is 0. The molecule has 0 amide bonds. The maximum Gasteiger partial charge on any atom is 0.340 e. The zero-order valence-corrected chi connectivity index (χ0v) is 12.7. The second kappa shape index (κ2) is 7.25. The number of carbonyl (C=O) groups is 5. The molecule has 0 saturated heterocycles. The van der Waals surface area contributed by atoms with Crippen molar-refractivity contribution in [1.29, 1.82) is 0 Å². The Labute approximate surface area is 139 Å². The maximum atomic E-state index is 11.5. The van der Waals surface area contributed by atoms with Crippen LogP contribution in [-0.4, -0.2) is 50.3 Å². The van der Waals surface area contributed by atoms with Crippen molar-refractivity contribution in [3.63, 3.8) is 0 Å². The Balaban J connectivity index is 4.27. The number of rotatable bonds is 7. The summed E-state index contributed by atoms with van der Waals surface area (Å²) in [6.07, 6.45) is 0.283. The van der Waals surface area contributed by atoms with E-state index in [4.69, 9.17) is 0 Å². The van der Waals surface area contributed by atoms with Crippen LogP contribution in [0.15, 0.2) is 12.7 Å². The lowest BCUT2D eigenvalue weighted by molar-refractivity contribution is -0.129. The van der Waals surface area contributed by atoms with Gasteiger partial charge < -0.3 is 25.2 Å². The Kier molecular flexibility index (Phi) is 5.62. The van der Waals surface area contributed by atoms with Crippen LogP contribution in [0, 0.1) is 0 Å². The molecule has 0 unspecified atom stereocenters. The predicted octanol–water partition coefficient (Wildman–Crippen LogP) is 1.13. The summed E-state index contributed by atoms with van der Waals surface area (Å²) in [5, 5.41) is 37.3. The Bertz CT molecular complexity index is 765. The van der Waals surface area contributed by atoms with Crippen LogP contribution < -0.4 is 4.74 Å². The summed E-state index contributed by atoms with van der Waals surface area (Å²) in [5.74, 6) is -9.91. The number of ether oxygens (including phenoxy) is 1. The molecule has 0 saturated carbocycles. The minimum absolute atomic E-state index is 0.292. The number of aromatic carboxylic acids is 4. The van der Waals surface area contributed by atoms with Crippen molar-refractivity contribution >= 4 is 29.8 Å². The Hall–Kier alpha value is -3.69. The predicted molar refractivity (Wildman–Crippen MR) is 79.5 cm³/mol.